The third-order valence-corrected chi connectivity index (χ3v) is 6.31. The molecule has 1 atom stereocenters. The van der Waals surface area contributed by atoms with Crippen molar-refractivity contribution in [1.82, 2.24) is 24.0 Å². The van der Waals surface area contributed by atoms with Gasteiger partial charge in [-0.05, 0) is 18.2 Å². The van der Waals surface area contributed by atoms with Gasteiger partial charge in [-0.15, -0.1) is 0 Å². The molecule has 4 rings (SSSR count). The summed E-state index contributed by atoms with van der Waals surface area (Å²) >= 11 is 12.0. The van der Waals surface area contributed by atoms with Crippen LogP contribution in [0.5, 0.6) is 5.75 Å². The van der Waals surface area contributed by atoms with Gasteiger partial charge in [-0.1, -0.05) is 23.2 Å². The summed E-state index contributed by atoms with van der Waals surface area (Å²) in [5.74, 6) is 0.856. The molecule has 184 valence electrons. The lowest BCUT2D eigenvalue weighted by atomic mass is 10.3. The van der Waals surface area contributed by atoms with Gasteiger partial charge < -0.3 is 24.4 Å². The minimum absolute atomic E-state index is 0.00911. The number of aliphatic hydroxyl groups excluding tert-OH is 2. The van der Waals surface area contributed by atoms with Crippen LogP contribution in [0.1, 0.15) is 0 Å². The lowest BCUT2D eigenvalue weighted by Crippen LogP contribution is -2.48. The first kappa shape index (κ1) is 24.6. The summed E-state index contributed by atoms with van der Waals surface area (Å²) < 4.78 is 8.55. The number of aryl methyl sites for hydroxylation is 1. The van der Waals surface area contributed by atoms with Gasteiger partial charge in [-0.25, -0.2) is 4.79 Å². The van der Waals surface area contributed by atoms with E-state index in [1.807, 2.05) is 4.90 Å². The summed E-state index contributed by atoms with van der Waals surface area (Å²) in [4.78, 5) is 35.9. The lowest BCUT2D eigenvalue weighted by Gasteiger charge is -2.35. The van der Waals surface area contributed by atoms with E-state index in [9.17, 15) is 19.8 Å². The number of hydrogen-bond acceptors (Lipinski definition) is 8. The Bertz CT molecular complexity index is 1280. The van der Waals surface area contributed by atoms with Crippen molar-refractivity contribution >= 4 is 40.3 Å². The summed E-state index contributed by atoms with van der Waals surface area (Å²) in [5.41, 5.74) is -0.721. The first-order valence-electron chi connectivity index (χ1n) is 10.8. The van der Waals surface area contributed by atoms with Crippen LogP contribution >= 0.6 is 23.2 Å². The SMILES string of the molecule is Cn1c(=O)[nH]c(=O)c2c1nc(N1CCN(CCO)CC1)n2C[C@H](O)COc1ccc(Cl)cc1Cl. The summed E-state index contributed by atoms with van der Waals surface area (Å²) in [7, 11) is 1.53. The molecule has 1 saturated heterocycles. The number of halogens is 2. The topological polar surface area (TPSA) is 129 Å². The van der Waals surface area contributed by atoms with Gasteiger partial charge in [0.15, 0.2) is 11.2 Å². The second-order valence-electron chi connectivity index (χ2n) is 8.10. The molecule has 0 radical (unpaired) electrons. The third-order valence-electron chi connectivity index (χ3n) is 5.78. The van der Waals surface area contributed by atoms with E-state index < -0.39 is 17.4 Å². The van der Waals surface area contributed by atoms with Gasteiger partial charge in [-0.2, -0.15) is 4.98 Å². The van der Waals surface area contributed by atoms with Gasteiger partial charge in [0, 0.05) is 44.8 Å². The second-order valence-corrected chi connectivity index (χ2v) is 8.95. The molecule has 0 unspecified atom stereocenters. The van der Waals surface area contributed by atoms with Crippen LogP contribution in [0.15, 0.2) is 27.8 Å². The fourth-order valence-electron chi connectivity index (χ4n) is 3.99. The van der Waals surface area contributed by atoms with Crippen molar-refractivity contribution in [3.8, 4) is 5.75 Å². The molecule has 0 aliphatic carbocycles. The zero-order valence-electron chi connectivity index (χ0n) is 18.6. The molecule has 3 N–H and O–H groups in total. The largest absolute Gasteiger partial charge is 0.489 e. The third kappa shape index (κ3) is 5.08. The molecule has 0 spiro atoms. The first-order chi connectivity index (χ1) is 16.3. The molecule has 1 aliphatic rings. The van der Waals surface area contributed by atoms with Crippen LogP contribution in [0.25, 0.3) is 11.2 Å². The molecular weight excluding hydrogens is 487 g/mol. The highest BCUT2D eigenvalue weighted by Crippen LogP contribution is 2.28. The van der Waals surface area contributed by atoms with Crippen LogP contribution in [0.3, 0.4) is 0 Å². The van der Waals surface area contributed by atoms with Crippen molar-refractivity contribution in [3.05, 3.63) is 49.1 Å². The van der Waals surface area contributed by atoms with Crippen molar-refractivity contribution in [2.45, 2.75) is 12.6 Å². The van der Waals surface area contributed by atoms with Crippen molar-refractivity contribution < 1.29 is 14.9 Å². The van der Waals surface area contributed by atoms with Crippen LogP contribution < -0.4 is 20.9 Å². The fourth-order valence-corrected chi connectivity index (χ4v) is 4.46. The fraction of sp³-hybridized carbons (Fsp3) is 0.476. The average Bonchev–Trinajstić information content (AvgIpc) is 3.17. The molecule has 1 aromatic carbocycles. The monoisotopic (exact) mass is 512 g/mol. The average molecular weight is 513 g/mol. The number of β-amino-alcohol motifs (C(OH)–C–C–N with tert-alkyl or cyclic N) is 1. The molecule has 11 nitrogen and oxygen atoms in total. The number of nitrogens with one attached hydrogen (secondary N) is 1. The minimum atomic E-state index is -1.00. The molecule has 2 aromatic heterocycles. The van der Waals surface area contributed by atoms with Gasteiger partial charge in [0.05, 0.1) is 18.2 Å². The number of benzene rings is 1. The Balaban J connectivity index is 1.62. The summed E-state index contributed by atoms with van der Waals surface area (Å²) in [6.45, 7) is 3.23. The molecule has 1 fully saturated rings. The number of aromatic nitrogens is 4. The van der Waals surface area contributed by atoms with E-state index in [0.29, 0.717) is 54.5 Å². The second kappa shape index (κ2) is 10.4. The summed E-state index contributed by atoms with van der Waals surface area (Å²) in [5, 5.41) is 20.7. The number of H-pyrrole nitrogens is 1. The number of rotatable bonds is 8. The predicted molar refractivity (Wildman–Crippen MR) is 129 cm³/mol. The number of aliphatic hydroxyl groups is 2. The Labute approximate surface area is 204 Å². The summed E-state index contributed by atoms with van der Waals surface area (Å²) in [6, 6.07) is 4.79. The van der Waals surface area contributed by atoms with Gasteiger partial charge in [0.1, 0.15) is 18.5 Å². The quantitative estimate of drug-likeness (QED) is 0.392. The molecule has 0 bridgehead atoms. The maximum atomic E-state index is 12.7. The Kier molecular flexibility index (Phi) is 7.48. The molecular formula is C21H26Cl2N6O5. The molecule has 1 aliphatic heterocycles. The van der Waals surface area contributed by atoms with E-state index in [-0.39, 0.29) is 30.9 Å². The van der Waals surface area contributed by atoms with Gasteiger partial charge in [-0.3, -0.25) is 19.2 Å². The number of piperazine rings is 1. The number of hydrogen-bond donors (Lipinski definition) is 3. The maximum absolute atomic E-state index is 12.7. The molecule has 3 aromatic rings. The molecule has 34 heavy (non-hydrogen) atoms. The van der Waals surface area contributed by atoms with E-state index in [0.717, 1.165) is 0 Å². The minimum Gasteiger partial charge on any atom is -0.489 e. The van der Waals surface area contributed by atoms with Gasteiger partial charge >= 0.3 is 5.69 Å². The van der Waals surface area contributed by atoms with Crippen LogP contribution in [-0.4, -0.2) is 86.3 Å². The highest BCUT2D eigenvalue weighted by Gasteiger charge is 2.26. The van der Waals surface area contributed by atoms with Gasteiger partial charge in [0.25, 0.3) is 5.56 Å². The number of ether oxygens (including phenoxy) is 1. The molecule has 0 amide bonds. The number of fused-ring (bicyclic) bond motifs is 1. The predicted octanol–water partition coefficient (Wildman–Crippen LogP) is 0.284. The van der Waals surface area contributed by atoms with Crippen LogP contribution in [0, 0.1) is 0 Å². The van der Waals surface area contributed by atoms with Crippen molar-refractivity contribution in [2.24, 2.45) is 7.05 Å². The van der Waals surface area contributed by atoms with Crippen molar-refractivity contribution in [1.29, 1.82) is 0 Å². The summed E-state index contributed by atoms with van der Waals surface area (Å²) in [6.07, 6.45) is -1.00. The van der Waals surface area contributed by atoms with E-state index in [2.05, 4.69) is 14.9 Å². The maximum Gasteiger partial charge on any atom is 0.329 e. The van der Waals surface area contributed by atoms with Crippen LogP contribution in [-0.2, 0) is 13.6 Å². The van der Waals surface area contributed by atoms with Gasteiger partial charge in [0.2, 0.25) is 5.95 Å². The Hall–Kier alpha value is -2.57. The number of anilines is 1. The Morgan fingerprint density at radius 3 is 2.62 bits per heavy atom. The molecule has 3 heterocycles. The Morgan fingerprint density at radius 1 is 1.21 bits per heavy atom. The van der Waals surface area contributed by atoms with E-state index in [1.165, 1.54) is 11.6 Å². The number of nitrogens with zero attached hydrogens (tertiary/aromatic N) is 5. The van der Waals surface area contributed by atoms with Crippen LogP contribution in [0.4, 0.5) is 5.95 Å². The molecule has 13 heteroatoms. The van der Waals surface area contributed by atoms with E-state index in [4.69, 9.17) is 27.9 Å². The first-order valence-corrected chi connectivity index (χ1v) is 11.6. The zero-order chi connectivity index (χ0) is 24.4. The zero-order valence-corrected chi connectivity index (χ0v) is 20.1. The highest BCUT2D eigenvalue weighted by molar-refractivity contribution is 6.35. The smallest absolute Gasteiger partial charge is 0.329 e. The number of aromatic amines is 1. The van der Waals surface area contributed by atoms with E-state index in [1.54, 1.807) is 22.8 Å². The van der Waals surface area contributed by atoms with E-state index >= 15 is 0 Å². The van der Waals surface area contributed by atoms with Crippen molar-refractivity contribution in [2.75, 3.05) is 50.8 Å². The Morgan fingerprint density at radius 2 is 1.94 bits per heavy atom. The molecule has 0 saturated carbocycles. The lowest BCUT2D eigenvalue weighted by molar-refractivity contribution is 0.0935. The standard InChI is InChI=1S/C21H26Cl2N6O5/c1-26-18-17(19(32)25-21(26)33)29(20(24-18)28-6-4-27(5-7-28)8-9-30)11-14(31)12-34-16-3-2-13(22)10-15(16)23/h2-3,10,14,30-31H,4-9,11-12H2,1H3,(H,25,32,33)/t14-/m0/s1. The number of imidazole rings is 1. The van der Waals surface area contributed by atoms with Crippen molar-refractivity contribution in [3.63, 3.8) is 0 Å². The van der Waals surface area contributed by atoms with Crippen LogP contribution in [0.2, 0.25) is 10.0 Å². The normalized spacial score (nSPS) is 15.7. The highest BCUT2D eigenvalue weighted by atomic mass is 35.5.